The topological polar surface area (TPSA) is 3.24 Å². The molecule has 0 amide bonds. The Balaban J connectivity index is 2.77. The molecule has 102 valence electrons. The van der Waals surface area contributed by atoms with Gasteiger partial charge in [-0.05, 0) is 18.7 Å². The van der Waals surface area contributed by atoms with Crippen molar-refractivity contribution in [3.05, 3.63) is 35.4 Å². The monoisotopic (exact) mass is 299 g/mol. The molecular weight excluding hydrogens is 286 g/mol. The highest BCUT2D eigenvalue weighted by Crippen LogP contribution is 2.32. The molecule has 6 heteroatoms. The van der Waals surface area contributed by atoms with Gasteiger partial charge in [-0.25, -0.2) is 0 Å². The fourth-order valence-electron chi connectivity index (χ4n) is 1.52. The highest BCUT2D eigenvalue weighted by molar-refractivity contribution is 6.21. The van der Waals surface area contributed by atoms with E-state index in [1.807, 2.05) is 11.9 Å². The summed E-state index contributed by atoms with van der Waals surface area (Å²) in [5, 5.41) is -0.486. The molecule has 1 aromatic rings. The van der Waals surface area contributed by atoms with Gasteiger partial charge in [-0.1, -0.05) is 18.2 Å². The second-order valence-electron chi connectivity index (χ2n) is 4.04. The fourth-order valence-corrected chi connectivity index (χ4v) is 2.18. The highest BCUT2D eigenvalue weighted by atomic mass is 35.5. The van der Waals surface area contributed by atoms with E-state index >= 15 is 0 Å². The van der Waals surface area contributed by atoms with E-state index in [0.29, 0.717) is 24.5 Å². The zero-order chi connectivity index (χ0) is 13.8. The smallest absolute Gasteiger partial charge is 0.303 e. The van der Waals surface area contributed by atoms with Crippen molar-refractivity contribution in [3.8, 4) is 0 Å². The Morgan fingerprint density at radius 2 is 2.00 bits per heavy atom. The normalized spacial score (nSPS) is 13.9. The second kappa shape index (κ2) is 6.64. The molecule has 0 aromatic heterocycles. The van der Waals surface area contributed by atoms with Crippen molar-refractivity contribution in [2.75, 3.05) is 26.0 Å². The predicted molar refractivity (Wildman–Crippen MR) is 68.3 cm³/mol. The summed E-state index contributed by atoms with van der Waals surface area (Å²) in [5.74, 6) is 0.461. The molecule has 0 aliphatic rings. The number of hydrogen-bond acceptors (Lipinski definition) is 1. The molecule has 18 heavy (non-hydrogen) atoms. The molecule has 0 aliphatic heterocycles. The molecule has 0 bridgehead atoms. The van der Waals surface area contributed by atoms with Crippen molar-refractivity contribution in [1.82, 2.24) is 4.90 Å². The van der Waals surface area contributed by atoms with Gasteiger partial charge >= 0.3 is 6.18 Å². The van der Waals surface area contributed by atoms with Crippen molar-refractivity contribution in [2.45, 2.75) is 11.6 Å². The van der Waals surface area contributed by atoms with E-state index in [4.69, 9.17) is 23.2 Å². The van der Waals surface area contributed by atoms with Crippen LogP contribution in [-0.2, 0) is 6.18 Å². The molecule has 1 nitrogen and oxygen atoms in total. The van der Waals surface area contributed by atoms with E-state index in [9.17, 15) is 13.2 Å². The van der Waals surface area contributed by atoms with Crippen LogP contribution >= 0.6 is 23.2 Å². The number of benzene rings is 1. The van der Waals surface area contributed by atoms with Crippen LogP contribution in [0.3, 0.4) is 0 Å². The van der Waals surface area contributed by atoms with Crippen LogP contribution in [-0.4, -0.2) is 30.9 Å². The minimum absolute atomic E-state index is 0.454. The third kappa shape index (κ3) is 4.67. The fraction of sp³-hybridized carbons (Fsp3) is 0.500. The van der Waals surface area contributed by atoms with E-state index < -0.39 is 17.1 Å². The van der Waals surface area contributed by atoms with Gasteiger partial charge in [0.15, 0.2) is 0 Å². The summed E-state index contributed by atoms with van der Waals surface area (Å²) in [6, 6.07) is 5.10. The summed E-state index contributed by atoms with van der Waals surface area (Å²) in [6.45, 7) is 1.10. The van der Waals surface area contributed by atoms with Crippen LogP contribution in [0.25, 0.3) is 0 Å². The lowest BCUT2D eigenvalue weighted by molar-refractivity contribution is -0.137. The first kappa shape index (κ1) is 15.6. The van der Waals surface area contributed by atoms with E-state index in [0.717, 1.165) is 12.1 Å². The van der Waals surface area contributed by atoms with Gasteiger partial charge in [0.2, 0.25) is 0 Å². The van der Waals surface area contributed by atoms with Crippen LogP contribution in [0.5, 0.6) is 0 Å². The average molecular weight is 300 g/mol. The van der Waals surface area contributed by atoms with Crippen molar-refractivity contribution < 1.29 is 13.2 Å². The van der Waals surface area contributed by atoms with Crippen LogP contribution in [0.4, 0.5) is 13.2 Å². The van der Waals surface area contributed by atoms with Crippen LogP contribution in [0.2, 0.25) is 0 Å². The van der Waals surface area contributed by atoms with Crippen LogP contribution < -0.4 is 0 Å². The third-order valence-electron chi connectivity index (χ3n) is 2.51. The van der Waals surface area contributed by atoms with Crippen molar-refractivity contribution >= 4 is 23.2 Å². The first-order chi connectivity index (χ1) is 8.34. The molecule has 0 unspecified atom stereocenters. The lowest BCUT2D eigenvalue weighted by Gasteiger charge is -2.19. The van der Waals surface area contributed by atoms with Crippen LogP contribution in [0.15, 0.2) is 24.3 Å². The Kier molecular flexibility index (Phi) is 5.76. The minimum atomic E-state index is -4.34. The van der Waals surface area contributed by atoms with Gasteiger partial charge in [0.1, 0.15) is 0 Å². The molecule has 1 rings (SSSR count). The molecular formula is C12H14Cl2F3N. The number of alkyl halides is 5. The summed E-state index contributed by atoms with van der Waals surface area (Å²) in [6.07, 6.45) is -4.34. The van der Waals surface area contributed by atoms with Gasteiger partial charge in [-0.2, -0.15) is 13.2 Å². The Hall–Kier alpha value is -0.450. The molecule has 0 aliphatic carbocycles. The summed E-state index contributed by atoms with van der Waals surface area (Å²) < 4.78 is 37.6. The Morgan fingerprint density at radius 1 is 1.33 bits per heavy atom. The highest BCUT2D eigenvalue weighted by Gasteiger charge is 2.30. The molecule has 0 heterocycles. The van der Waals surface area contributed by atoms with E-state index in [-0.39, 0.29) is 0 Å². The summed E-state index contributed by atoms with van der Waals surface area (Å²) in [5.41, 5.74) is -0.210. The van der Waals surface area contributed by atoms with E-state index in [2.05, 4.69) is 0 Å². The quantitative estimate of drug-likeness (QED) is 0.738. The SMILES string of the molecule is CN(CCCl)C[C@@H](Cl)c1cccc(C(F)(F)F)c1. The van der Waals surface area contributed by atoms with Gasteiger partial charge in [0, 0.05) is 19.0 Å². The number of hydrogen-bond donors (Lipinski definition) is 0. The van der Waals surface area contributed by atoms with Crippen LogP contribution in [0, 0.1) is 0 Å². The number of nitrogens with zero attached hydrogens (tertiary/aromatic N) is 1. The van der Waals surface area contributed by atoms with Crippen LogP contribution in [0.1, 0.15) is 16.5 Å². The van der Waals surface area contributed by atoms with Crippen molar-refractivity contribution in [1.29, 1.82) is 0 Å². The van der Waals surface area contributed by atoms with E-state index in [1.54, 1.807) is 6.07 Å². The second-order valence-corrected chi connectivity index (χ2v) is 4.95. The van der Waals surface area contributed by atoms with Gasteiger partial charge < -0.3 is 4.90 Å². The summed E-state index contributed by atoms with van der Waals surface area (Å²) in [4.78, 5) is 1.88. The maximum absolute atomic E-state index is 12.5. The summed E-state index contributed by atoms with van der Waals surface area (Å²) >= 11 is 11.7. The van der Waals surface area contributed by atoms with Gasteiger partial charge in [0.05, 0.1) is 10.9 Å². The molecule has 1 aromatic carbocycles. The molecule has 0 saturated carbocycles. The third-order valence-corrected chi connectivity index (χ3v) is 3.07. The largest absolute Gasteiger partial charge is 0.416 e. The minimum Gasteiger partial charge on any atom is -0.303 e. The van der Waals surface area contributed by atoms with Crippen molar-refractivity contribution in [3.63, 3.8) is 0 Å². The lowest BCUT2D eigenvalue weighted by Crippen LogP contribution is -2.24. The standard InChI is InChI=1S/C12H14Cl2F3N/c1-18(6-5-13)8-11(14)9-3-2-4-10(7-9)12(15,16)17/h2-4,7,11H,5-6,8H2,1H3/t11-/m1/s1. The van der Waals surface area contributed by atoms with Gasteiger partial charge in [-0.3, -0.25) is 0 Å². The summed E-state index contributed by atoms with van der Waals surface area (Å²) in [7, 11) is 1.82. The number of likely N-dealkylation sites (N-methyl/N-ethyl adjacent to an activating group) is 1. The van der Waals surface area contributed by atoms with Crippen molar-refractivity contribution in [2.24, 2.45) is 0 Å². The molecule has 1 atom stereocenters. The van der Waals surface area contributed by atoms with Gasteiger partial charge in [-0.15, -0.1) is 23.2 Å². The number of rotatable bonds is 5. The predicted octanol–water partition coefficient (Wildman–Crippen LogP) is 4.16. The Labute approximate surface area is 114 Å². The van der Waals surface area contributed by atoms with Gasteiger partial charge in [0.25, 0.3) is 0 Å². The molecule has 0 radical (unpaired) electrons. The first-order valence-corrected chi connectivity index (χ1v) is 6.37. The zero-order valence-corrected chi connectivity index (χ0v) is 11.4. The van der Waals surface area contributed by atoms with E-state index in [1.165, 1.54) is 6.07 Å². The molecule has 0 saturated heterocycles. The average Bonchev–Trinajstić information content (AvgIpc) is 2.28. The Morgan fingerprint density at radius 3 is 2.56 bits per heavy atom. The lowest BCUT2D eigenvalue weighted by atomic mass is 10.1. The molecule has 0 N–H and O–H groups in total. The maximum atomic E-state index is 12.5. The Bertz CT molecular complexity index is 382. The number of halogens is 5. The molecule has 0 fully saturated rings. The maximum Gasteiger partial charge on any atom is 0.416 e. The zero-order valence-electron chi connectivity index (χ0n) is 9.85. The molecule has 0 spiro atoms. The first-order valence-electron chi connectivity index (χ1n) is 5.40.